The van der Waals surface area contributed by atoms with Crippen LogP contribution < -0.4 is 4.72 Å². The van der Waals surface area contributed by atoms with Crippen molar-refractivity contribution in [2.75, 3.05) is 0 Å². The van der Waals surface area contributed by atoms with Crippen LogP contribution in [0.3, 0.4) is 0 Å². The van der Waals surface area contributed by atoms with Crippen molar-refractivity contribution in [1.29, 1.82) is 5.26 Å². The van der Waals surface area contributed by atoms with Crippen LogP contribution >= 0.6 is 11.6 Å². The van der Waals surface area contributed by atoms with E-state index in [1.54, 1.807) is 19.9 Å². The first-order valence-electron chi connectivity index (χ1n) is 5.64. The highest BCUT2D eigenvalue weighted by Crippen LogP contribution is 2.23. The number of nitrogens with one attached hydrogen (secondary N) is 1. The molecule has 0 aromatic heterocycles. The molecule has 6 nitrogen and oxygen atoms in total. The van der Waals surface area contributed by atoms with Gasteiger partial charge in [0.2, 0.25) is 10.0 Å². The molecule has 0 radical (unpaired) electrons. The number of nitriles is 1. The molecule has 2 N–H and O–H groups in total. The lowest BCUT2D eigenvalue weighted by molar-refractivity contribution is -0.140. The Morgan fingerprint density at radius 3 is 2.50 bits per heavy atom. The van der Waals surface area contributed by atoms with E-state index in [1.807, 2.05) is 0 Å². The first-order chi connectivity index (χ1) is 9.20. The topological polar surface area (TPSA) is 107 Å². The Kier molecular flexibility index (Phi) is 5.11. The summed E-state index contributed by atoms with van der Waals surface area (Å²) in [6, 6.07) is 4.38. The third-order valence-electron chi connectivity index (χ3n) is 2.59. The van der Waals surface area contributed by atoms with Gasteiger partial charge in [0.1, 0.15) is 17.0 Å². The van der Waals surface area contributed by atoms with Crippen LogP contribution in [-0.4, -0.2) is 25.5 Å². The smallest absolute Gasteiger partial charge is 0.322 e. The first-order valence-corrected chi connectivity index (χ1v) is 7.50. The van der Waals surface area contributed by atoms with Crippen LogP contribution in [0.4, 0.5) is 0 Å². The Hall–Kier alpha value is -1.62. The minimum Gasteiger partial charge on any atom is -0.480 e. The van der Waals surface area contributed by atoms with Crippen LogP contribution in [0, 0.1) is 17.2 Å². The average molecular weight is 317 g/mol. The molecule has 0 aliphatic carbocycles. The highest BCUT2D eigenvalue weighted by molar-refractivity contribution is 7.89. The van der Waals surface area contributed by atoms with Crippen molar-refractivity contribution in [2.24, 2.45) is 5.92 Å². The van der Waals surface area contributed by atoms with Gasteiger partial charge in [-0.05, 0) is 18.1 Å². The number of hydrogen-bond donors (Lipinski definition) is 2. The second kappa shape index (κ2) is 6.22. The van der Waals surface area contributed by atoms with E-state index in [9.17, 15) is 13.2 Å². The van der Waals surface area contributed by atoms with Crippen LogP contribution in [0.1, 0.15) is 19.4 Å². The highest BCUT2D eigenvalue weighted by Gasteiger charge is 2.29. The summed E-state index contributed by atoms with van der Waals surface area (Å²) in [7, 11) is -4.15. The van der Waals surface area contributed by atoms with Crippen LogP contribution in [0.2, 0.25) is 5.02 Å². The molecular weight excluding hydrogens is 304 g/mol. The van der Waals surface area contributed by atoms with Gasteiger partial charge in [-0.25, -0.2) is 8.42 Å². The Balaban J connectivity index is 3.29. The van der Waals surface area contributed by atoms with Crippen molar-refractivity contribution in [3.63, 3.8) is 0 Å². The minimum atomic E-state index is -4.15. The molecule has 1 aromatic rings. The maximum atomic E-state index is 12.2. The van der Waals surface area contributed by atoms with Gasteiger partial charge in [0.05, 0.1) is 10.6 Å². The maximum Gasteiger partial charge on any atom is 0.322 e. The van der Waals surface area contributed by atoms with Crippen LogP contribution in [0.25, 0.3) is 0 Å². The molecule has 0 bridgehead atoms. The van der Waals surface area contributed by atoms with Gasteiger partial charge in [0, 0.05) is 0 Å². The quantitative estimate of drug-likeness (QED) is 0.858. The fourth-order valence-corrected chi connectivity index (χ4v) is 3.33. The molecule has 1 rings (SSSR count). The first kappa shape index (κ1) is 16.4. The number of rotatable bonds is 5. The van der Waals surface area contributed by atoms with Gasteiger partial charge in [-0.15, -0.1) is 0 Å². The average Bonchev–Trinajstić information content (AvgIpc) is 2.35. The molecule has 0 saturated heterocycles. The number of sulfonamides is 1. The number of benzene rings is 1. The zero-order valence-corrected chi connectivity index (χ0v) is 12.4. The fourth-order valence-electron chi connectivity index (χ4n) is 1.54. The largest absolute Gasteiger partial charge is 0.480 e. The summed E-state index contributed by atoms with van der Waals surface area (Å²) in [6.45, 7) is 3.15. The van der Waals surface area contributed by atoms with Crippen molar-refractivity contribution in [3.8, 4) is 6.07 Å². The molecule has 0 saturated carbocycles. The lowest BCUT2D eigenvalue weighted by Gasteiger charge is -2.18. The van der Waals surface area contributed by atoms with Gasteiger partial charge in [0.25, 0.3) is 0 Å². The van der Waals surface area contributed by atoms with Gasteiger partial charge in [-0.3, -0.25) is 4.79 Å². The van der Waals surface area contributed by atoms with Gasteiger partial charge < -0.3 is 5.11 Å². The molecule has 108 valence electrons. The van der Waals surface area contributed by atoms with Crippen LogP contribution in [-0.2, 0) is 14.8 Å². The third kappa shape index (κ3) is 3.48. The van der Waals surface area contributed by atoms with Gasteiger partial charge in [-0.2, -0.15) is 9.98 Å². The zero-order chi connectivity index (χ0) is 15.5. The lowest BCUT2D eigenvalue weighted by atomic mass is 10.1. The molecule has 0 heterocycles. The second-order valence-corrected chi connectivity index (χ2v) is 6.50. The van der Waals surface area contributed by atoms with Gasteiger partial charge >= 0.3 is 5.97 Å². The summed E-state index contributed by atoms with van der Waals surface area (Å²) in [5.74, 6) is -1.74. The summed E-state index contributed by atoms with van der Waals surface area (Å²) >= 11 is 5.77. The number of nitrogens with zero attached hydrogens (tertiary/aromatic N) is 1. The Bertz CT molecular complexity index is 665. The summed E-state index contributed by atoms with van der Waals surface area (Å²) in [4.78, 5) is 10.7. The SMILES string of the molecule is CC(C)[C@@H](NS(=O)(=O)c1cccc(Cl)c1C#N)C(=O)O. The summed E-state index contributed by atoms with van der Waals surface area (Å²) in [5.41, 5.74) is -0.213. The summed E-state index contributed by atoms with van der Waals surface area (Å²) in [5, 5.41) is 18.0. The van der Waals surface area contributed by atoms with Crippen molar-refractivity contribution < 1.29 is 18.3 Å². The van der Waals surface area contributed by atoms with Crippen molar-refractivity contribution in [2.45, 2.75) is 24.8 Å². The lowest BCUT2D eigenvalue weighted by Crippen LogP contribution is -2.44. The molecule has 0 unspecified atom stereocenters. The van der Waals surface area contributed by atoms with Crippen molar-refractivity contribution >= 4 is 27.6 Å². The molecule has 0 aliphatic heterocycles. The summed E-state index contributed by atoms with van der Waals surface area (Å²) in [6.07, 6.45) is 0. The maximum absolute atomic E-state index is 12.2. The Morgan fingerprint density at radius 1 is 1.45 bits per heavy atom. The van der Waals surface area contributed by atoms with E-state index in [0.717, 1.165) is 0 Å². The highest BCUT2D eigenvalue weighted by atomic mass is 35.5. The van der Waals surface area contributed by atoms with Crippen LogP contribution in [0.15, 0.2) is 23.1 Å². The molecule has 20 heavy (non-hydrogen) atoms. The van der Waals surface area contributed by atoms with E-state index in [1.165, 1.54) is 18.2 Å². The van der Waals surface area contributed by atoms with E-state index in [0.29, 0.717) is 0 Å². The Morgan fingerprint density at radius 2 is 2.05 bits per heavy atom. The normalized spacial score (nSPS) is 12.9. The molecular formula is C12H13ClN2O4S. The van der Waals surface area contributed by atoms with Gasteiger partial charge in [-0.1, -0.05) is 31.5 Å². The van der Waals surface area contributed by atoms with E-state index >= 15 is 0 Å². The molecule has 1 aromatic carbocycles. The van der Waals surface area contributed by atoms with E-state index in [2.05, 4.69) is 4.72 Å². The molecule has 0 fully saturated rings. The molecule has 0 amide bonds. The summed E-state index contributed by atoms with van der Waals surface area (Å²) < 4.78 is 26.5. The number of halogens is 1. The molecule has 0 aliphatic rings. The van der Waals surface area contributed by atoms with Crippen molar-refractivity contribution in [3.05, 3.63) is 28.8 Å². The predicted octanol–water partition coefficient (Wildman–Crippen LogP) is 1.60. The number of hydrogen-bond acceptors (Lipinski definition) is 4. The van der Waals surface area contributed by atoms with Gasteiger partial charge in [0.15, 0.2) is 0 Å². The molecule has 1 atom stereocenters. The molecule has 0 spiro atoms. The molecule has 8 heteroatoms. The predicted molar refractivity (Wildman–Crippen MR) is 72.8 cm³/mol. The number of carbonyl (C=O) groups is 1. The third-order valence-corrected chi connectivity index (χ3v) is 4.39. The number of aliphatic carboxylic acids is 1. The fraction of sp³-hybridized carbons (Fsp3) is 0.333. The number of carboxylic acid groups (broad SMARTS) is 1. The van der Waals surface area contributed by atoms with E-state index in [-0.39, 0.29) is 15.5 Å². The monoisotopic (exact) mass is 316 g/mol. The second-order valence-electron chi connectivity index (χ2n) is 4.41. The standard InChI is InChI=1S/C12H13ClN2O4S/c1-7(2)11(12(16)17)15-20(18,19)10-5-3-4-9(13)8(10)6-14/h3-5,7,11,15H,1-2H3,(H,16,17)/t11-/m1/s1. The Labute approximate surface area is 122 Å². The van der Waals surface area contributed by atoms with Crippen molar-refractivity contribution in [1.82, 2.24) is 4.72 Å². The van der Waals surface area contributed by atoms with E-state index in [4.69, 9.17) is 22.0 Å². The number of carboxylic acids is 1. The van der Waals surface area contributed by atoms with E-state index < -0.39 is 28.0 Å². The van der Waals surface area contributed by atoms with Crippen LogP contribution in [0.5, 0.6) is 0 Å². The minimum absolute atomic E-state index is 0.00760. The zero-order valence-electron chi connectivity index (χ0n) is 10.8.